The van der Waals surface area contributed by atoms with Gasteiger partial charge >= 0.3 is 0 Å². The van der Waals surface area contributed by atoms with Crippen LogP contribution >= 0.6 is 0 Å². The van der Waals surface area contributed by atoms with E-state index < -0.39 is 0 Å². The third kappa shape index (κ3) is 5.43. The van der Waals surface area contributed by atoms with E-state index in [1.165, 1.54) is 27.3 Å². The van der Waals surface area contributed by atoms with E-state index in [4.69, 9.17) is 8.83 Å². The molecule has 11 rings (SSSR count). The number of benzene rings is 9. The molecular weight excluding hydrogens is 695 g/mol. The Hall–Kier alpha value is -7.62. The van der Waals surface area contributed by atoms with Crippen LogP contribution in [-0.2, 0) is 0 Å². The van der Waals surface area contributed by atoms with Crippen LogP contribution in [0.5, 0.6) is 0 Å². The van der Waals surface area contributed by atoms with Crippen LogP contribution < -0.4 is 4.90 Å². The monoisotopic (exact) mass is 729 g/mol. The van der Waals surface area contributed by atoms with Crippen molar-refractivity contribution >= 4 is 82.5 Å². The molecule has 1 aromatic heterocycles. The van der Waals surface area contributed by atoms with E-state index in [2.05, 4.69) is 211 Å². The number of fused-ring (bicyclic) bond motifs is 11. The summed E-state index contributed by atoms with van der Waals surface area (Å²) in [6.45, 7) is 0. The van der Waals surface area contributed by atoms with E-state index >= 15 is 0 Å². The summed E-state index contributed by atoms with van der Waals surface area (Å²) in [4.78, 5) is 2.29. The Morgan fingerprint density at radius 2 is 0.737 bits per heavy atom. The minimum atomic E-state index is 0.657. The molecular formula is C54H35NO2. The van der Waals surface area contributed by atoms with Crippen LogP contribution in [-0.4, -0.2) is 0 Å². The van der Waals surface area contributed by atoms with Crippen molar-refractivity contribution < 1.29 is 8.83 Å². The molecule has 268 valence electrons. The lowest BCUT2D eigenvalue weighted by atomic mass is 9.93. The van der Waals surface area contributed by atoms with Crippen LogP contribution in [0.4, 0.5) is 17.1 Å². The van der Waals surface area contributed by atoms with E-state index in [-0.39, 0.29) is 0 Å². The summed E-state index contributed by atoms with van der Waals surface area (Å²) in [5.74, 6) is 0. The molecule has 0 bridgehead atoms. The lowest BCUT2D eigenvalue weighted by molar-refractivity contribution is 0.585. The third-order valence-electron chi connectivity index (χ3n) is 11.1. The highest BCUT2D eigenvalue weighted by Crippen LogP contribution is 2.47. The molecule has 0 saturated heterocycles. The second-order valence-electron chi connectivity index (χ2n) is 14.4. The van der Waals surface area contributed by atoms with Crippen LogP contribution in [0.3, 0.4) is 0 Å². The zero-order valence-electron chi connectivity index (χ0n) is 31.0. The maximum atomic E-state index is 7.13. The maximum absolute atomic E-state index is 7.13. The summed E-state index contributed by atoms with van der Waals surface area (Å²) in [5, 5.41) is 9.13. The molecule has 3 heteroatoms. The Kier molecular flexibility index (Phi) is 7.82. The minimum absolute atomic E-state index is 0.657. The van der Waals surface area contributed by atoms with E-state index in [0.717, 1.165) is 55.1 Å². The summed E-state index contributed by atoms with van der Waals surface area (Å²) in [5.41, 5.74) is 10.2. The third-order valence-corrected chi connectivity index (χ3v) is 11.1. The molecule has 0 atom stereocenters. The van der Waals surface area contributed by atoms with Crippen molar-refractivity contribution in [1.82, 2.24) is 0 Å². The Labute approximate surface area is 329 Å². The molecule has 0 spiro atoms. The molecule has 1 heterocycles. The second-order valence-corrected chi connectivity index (χ2v) is 14.4. The zero-order valence-corrected chi connectivity index (χ0v) is 31.0. The fourth-order valence-electron chi connectivity index (χ4n) is 8.63. The van der Waals surface area contributed by atoms with Gasteiger partial charge < -0.3 is 13.7 Å². The van der Waals surface area contributed by atoms with Crippen molar-refractivity contribution in [3.8, 4) is 22.3 Å². The summed E-state index contributed by atoms with van der Waals surface area (Å²) in [6.07, 6.45) is 0. The molecule has 11 aromatic rings. The average molecular weight is 730 g/mol. The standard InChI is InChI=1S/C54H35NO2/c1-3-18-36(19-4-1)38-22-7-8-23-39(38)45-29-15-16-31-48(45)55(37-20-5-2-6-21-37)49-32-17-33-50-53(49)56-51-35-34-47-44-28-12-11-26-42(44)40-24-9-10-25-41(40)43-27-13-14-30-46(43)52(47)54(51)57-50/h1-35H. The van der Waals surface area contributed by atoms with Gasteiger partial charge in [0.05, 0.1) is 11.4 Å². The van der Waals surface area contributed by atoms with Gasteiger partial charge in [-0.15, -0.1) is 0 Å². The number of rotatable bonds is 5. The highest BCUT2D eigenvalue weighted by Gasteiger charge is 2.23. The van der Waals surface area contributed by atoms with Crippen LogP contribution in [0.1, 0.15) is 0 Å². The number of hydrogen-bond donors (Lipinski definition) is 0. The second kappa shape index (κ2) is 13.6. The lowest BCUT2D eigenvalue weighted by Crippen LogP contribution is -2.11. The Morgan fingerprint density at radius 3 is 1.40 bits per heavy atom. The van der Waals surface area contributed by atoms with Gasteiger partial charge in [-0.3, -0.25) is 0 Å². The van der Waals surface area contributed by atoms with Crippen molar-refractivity contribution in [1.29, 1.82) is 0 Å². The summed E-state index contributed by atoms with van der Waals surface area (Å²) in [7, 11) is 0. The predicted molar refractivity (Wildman–Crippen MR) is 239 cm³/mol. The van der Waals surface area contributed by atoms with Crippen molar-refractivity contribution in [3.05, 3.63) is 212 Å². The minimum Gasteiger partial charge on any atom is -0.449 e. The summed E-state index contributed by atoms with van der Waals surface area (Å²) in [6, 6.07) is 74.8. The first-order valence-electron chi connectivity index (χ1n) is 19.4. The van der Waals surface area contributed by atoms with Crippen LogP contribution in [0, 0.1) is 0 Å². The number of nitrogens with zero attached hydrogens (tertiary/aromatic N) is 1. The smallest absolute Gasteiger partial charge is 0.194 e. The predicted octanol–water partition coefficient (Wildman–Crippen LogP) is 15.7. The highest BCUT2D eigenvalue weighted by atomic mass is 16.4. The maximum Gasteiger partial charge on any atom is 0.194 e. The highest BCUT2D eigenvalue weighted by molar-refractivity contribution is 6.29. The van der Waals surface area contributed by atoms with E-state index in [0.29, 0.717) is 22.3 Å². The molecule has 0 amide bonds. The SMILES string of the molecule is c1ccc(-c2ccccc2-c2ccccc2N(c2ccccc2)c2cccc3oc4c(ccc5c6ccccc6c6ccccc6c6ccccc6c54)oc23)cc1. The molecule has 0 aliphatic rings. The van der Waals surface area contributed by atoms with E-state index in [9.17, 15) is 0 Å². The molecule has 0 saturated carbocycles. The van der Waals surface area contributed by atoms with Crippen LogP contribution in [0.25, 0.3) is 87.7 Å². The van der Waals surface area contributed by atoms with Gasteiger partial charge in [0.25, 0.3) is 0 Å². The van der Waals surface area contributed by atoms with Gasteiger partial charge in [-0.1, -0.05) is 170 Å². The van der Waals surface area contributed by atoms with Gasteiger partial charge in [-0.05, 0) is 96.9 Å². The largest absolute Gasteiger partial charge is 0.449 e. The van der Waals surface area contributed by atoms with Crippen LogP contribution in [0.2, 0.25) is 0 Å². The van der Waals surface area contributed by atoms with Gasteiger partial charge in [0.2, 0.25) is 0 Å². The number of anilines is 3. The quantitative estimate of drug-likeness (QED) is 0.165. The first-order chi connectivity index (χ1) is 28.3. The van der Waals surface area contributed by atoms with Gasteiger partial charge in [0.1, 0.15) is 0 Å². The van der Waals surface area contributed by atoms with E-state index in [1.807, 2.05) is 6.07 Å². The zero-order chi connectivity index (χ0) is 37.7. The molecule has 0 radical (unpaired) electrons. The van der Waals surface area contributed by atoms with Gasteiger partial charge in [0, 0.05) is 16.6 Å². The first-order valence-corrected chi connectivity index (χ1v) is 19.4. The van der Waals surface area contributed by atoms with Gasteiger partial charge in [0.15, 0.2) is 22.3 Å². The van der Waals surface area contributed by atoms with Crippen LogP contribution in [0.15, 0.2) is 221 Å². The molecule has 0 fully saturated rings. The van der Waals surface area contributed by atoms with Crippen molar-refractivity contribution in [2.24, 2.45) is 0 Å². The summed E-state index contributed by atoms with van der Waals surface area (Å²) < 4.78 is 14.2. The number of para-hydroxylation sites is 3. The molecule has 57 heavy (non-hydrogen) atoms. The van der Waals surface area contributed by atoms with Crippen molar-refractivity contribution in [2.75, 3.05) is 4.90 Å². The first kappa shape index (κ1) is 32.8. The number of hydrogen-bond acceptors (Lipinski definition) is 3. The molecule has 10 aromatic carbocycles. The van der Waals surface area contributed by atoms with E-state index in [1.54, 1.807) is 0 Å². The topological polar surface area (TPSA) is 29.5 Å². The molecule has 0 N–H and O–H groups in total. The fourth-order valence-corrected chi connectivity index (χ4v) is 8.63. The molecule has 3 nitrogen and oxygen atoms in total. The molecule has 0 aliphatic heterocycles. The Balaban J connectivity index is 1.21. The van der Waals surface area contributed by atoms with Gasteiger partial charge in [-0.2, -0.15) is 0 Å². The average Bonchev–Trinajstić information content (AvgIpc) is 3.28. The van der Waals surface area contributed by atoms with Gasteiger partial charge in [-0.25, -0.2) is 0 Å². The Morgan fingerprint density at radius 1 is 0.281 bits per heavy atom. The molecule has 0 unspecified atom stereocenters. The summed E-state index contributed by atoms with van der Waals surface area (Å²) >= 11 is 0. The fraction of sp³-hybridized carbons (Fsp3) is 0. The van der Waals surface area contributed by atoms with Crippen molar-refractivity contribution in [2.45, 2.75) is 0 Å². The Bertz CT molecular complexity index is 3300. The normalized spacial score (nSPS) is 11.5. The van der Waals surface area contributed by atoms with Crippen molar-refractivity contribution in [3.63, 3.8) is 0 Å². The lowest BCUT2D eigenvalue weighted by Gasteiger charge is -2.28. The molecule has 0 aliphatic carbocycles.